The molecule has 1 N–H and O–H groups in total. The van der Waals surface area contributed by atoms with E-state index in [0.717, 1.165) is 43.9 Å². The molecule has 0 radical (unpaired) electrons. The molecule has 0 spiro atoms. The highest BCUT2D eigenvalue weighted by molar-refractivity contribution is 5.74. The lowest BCUT2D eigenvalue weighted by Gasteiger charge is -2.36. The van der Waals surface area contributed by atoms with E-state index in [4.69, 9.17) is 4.74 Å². The van der Waals surface area contributed by atoms with Gasteiger partial charge in [-0.05, 0) is 36.2 Å². The smallest absolute Gasteiger partial charge is 0.317 e. The monoisotopic (exact) mass is 353 g/mol. The van der Waals surface area contributed by atoms with Crippen LogP contribution in [-0.4, -0.2) is 43.7 Å². The first-order chi connectivity index (χ1) is 12.8. The Balaban J connectivity index is 1.46. The van der Waals surface area contributed by atoms with E-state index < -0.39 is 0 Å². The van der Waals surface area contributed by atoms with Crippen molar-refractivity contribution >= 4 is 11.7 Å². The maximum absolute atomic E-state index is 12.4. The molecular formula is C21H27N3O2. The molecule has 3 rings (SSSR count). The van der Waals surface area contributed by atoms with Gasteiger partial charge in [-0.1, -0.05) is 37.3 Å². The van der Waals surface area contributed by atoms with Gasteiger partial charge in [-0.3, -0.25) is 0 Å². The number of rotatable bonds is 6. The molecule has 0 bridgehead atoms. The molecule has 1 saturated heterocycles. The highest BCUT2D eigenvalue weighted by Gasteiger charge is 2.20. The molecule has 0 atom stereocenters. The molecule has 138 valence electrons. The molecule has 26 heavy (non-hydrogen) atoms. The minimum absolute atomic E-state index is 0.00223. The first kappa shape index (κ1) is 18.1. The SMILES string of the molecule is CCCOc1cccc(CNC(=O)N2CCN(c3ccccc3)CC2)c1. The fourth-order valence-corrected chi connectivity index (χ4v) is 3.06. The Hall–Kier alpha value is -2.69. The number of nitrogens with zero attached hydrogens (tertiary/aromatic N) is 2. The van der Waals surface area contributed by atoms with Gasteiger partial charge in [0.1, 0.15) is 5.75 Å². The van der Waals surface area contributed by atoms with Crippen molar-refractivity contribution in [3.63, 3.8) is 0 Å². The molecule has 0 saturated carbocycles. The second-order valence-electron chi connectivity index (χ2n) is 6.46. The standard InChI is InChI=1S/C21H27N3O2/c1-2-15-26-20-10-6-7-18(16-20)17-22-21(25)24-13-11-23(12-14-24)19-8-4-3-5-9-19/h3-10,16H,2,11-15,17H2,1H3,(H,22,25). The third kappa shape index (κ3) is 4.91. The predicted octanol–water partition coefficient (Wildman–Crippen LogP) is 3.51. The summed E-state index contributed by atoms with van der Waals surface area (Å²) in [5.74, 6) is 0.857. The van der Waals surface area contributed by atoms with E-state index in [0.29, 0.717) is 13.2 Å². The van der Waals surface area contributed by atoms with Gasteiger partial charge in [0, 0.05) is 38.4 Å². The topological polar surface area (TPSA) is 44.8 Å². The molecule has 0 unspecified atom stereocenters. The van der Waals surface area contributed by atoms with Crippen LogP contribution < -0.4 is 15.0 Å². The van der Waals surface area contributed by atoms with Crippen LogP contribution in [0.5, 0.6) is 5.75 Å². The number of hydrogen-bond donors (Lipinski definition) is 1. The maximum Gasteiger partial charge on any atom is 0.317 e. The minimum Gasteiger partial charge on any atom is -0.494 e. The van der Waals surface area contributed by atoms with Gasteiger partial charge in [-0.15, -0.1) is 0 Å². The fourth-order valence-electron chi connectivity index (χ4n) is 3.06. The summed E-state index contributed by atoms with van der Waals surface area (Å²) in [5.41, 5.74) is 2.27. The van der Waals surface area contributed by atoms with Crippen LogP contribution >= 0.6 is 0 Å². The van der Waals surface area contributed by atoms with E-state index in [1.165, 1.54) is 5.69 Å². The Morgan fingerprint density at radius 2 is 1.81 bits per heavy atom. The first-order valence-electron chi connectivity index (χ1n) is 9.31. The Morgan fingerprint density at radius 3 is 2.54 bits per heavy atom. The minimum atomic E-state index is -0.00223. The van der Waals surface area contributed by atoms with Crippen LogP contribution in [-0.2, 0) is 6.54 Å². The lowest BCUT2D eigenvalue weighted by molar-refractivity contribution is 0.194. The van der Waals surface area contributed by atoms with Crippen LogP contribution in [0.1, 0.15) is 18.9 Å². The molecule has 1 aliphatic rings. The number of piperazine rings is 1. The van der Waals surface area contributed by atoms with E-state index in [2.05, 4.69) is 29.3 Å². The van der Waals surface area contributed by atoms with Crippen molar-refractivity contribution in [1.29, 1.82) is 0 Å². The Bertz CT molecular complexity index is 697. The van der Waals surface area contributed by atoms with Gasteiger partial charge in [0.2, 0.25) is 0 Å². The van der Waals surface area contributed by atoms with Crippen LogP contribution in [0, 0.1) is 0 Å². The summed E-state index contributed by atoms with van der Waals surface area (Å²) in [6, 6.07) is 18.3. The van der Waals surface area contributed by atoms with E-state index >= 15 is 0 Å². The predicted molar refractivity (Wildman–Crippen MR) is 105 cm³/mol. The number of nitrogens with one attached hydrogen (secondary N) is 1. The zero-order valence-corrected chi connectivity index (χ0v) is 15.4. The molecule has 2 aromatic carbocycles. The molecular weight excluding hydrogens is 326 g/mol. The first-order valence-corrected chi connectivity index (χ1v) is 9.31. The normalized spacial score (nSPS) is 14.2. The molecule has 2 aromatic rings. The van der Waals surface area contributed by atoms with Crippen molar-refractivity contribution in [2.24, 2.45) is 0 Å². The summed E-state index contributed by atoms with van der Waals surface area (Å²) < 4.78 is 5.64. The van der Waals surface area contributed by atoms with Crippen molar-refractivity contribution in [2.45, 2.75) is 19.9 Å². The highest BCUT2D eigenvalue weighted by atomic mass is 16.5. The summed E-state index contributed by atoms with van der Waals surface area (Å²) >= 11 is 0. The van der Waals surface area contributed by atoms with Crippen LogP contribution in [0.15, 0.2) is 54.6 Å². The average Bonchev–Trinajstić information content (AvgIpc) is 2.71. The van der Waals surface area contributed by atoms with Crippen molar-refractivity contribution < 1.29 is 9.53 Å². The van der Waals surface area contributed by atoms with E-state index in [1.54, 1.807) is 0 Å². The summed E-state index contributed by atoms with van der Waals surface area (Å²) in [4.78, 5) is 16.6. The number of carbonyl (C=O) groups excluding carboxylic acids is 1. The number of amides is 2. The zero-order valence-electron chi connectivity index (χ0n) is 15.4. The Kier molecular flexibility index (Phi) is 6.36. The number of para-hydroxylation sites is 1. The van der Waals surface area contributed by atoms with Crippen molar-refractivity contribution in [1.82, 2.24) is 10.2 Å². The second kappa shape index (κ2) is 9.13. The molecule has 5 heteroatoms. The maximum atomic E-state index is 12.4. The van der Waals surface area contributed by atoms with E-state index in [9.17, 15) is 4.79 Å². The molecule has 1 fully saturated rings. The third-order valence-corrected chi connectivity index (χ3v) is 4.50. The third-order valence-electron chi connectivity index (χ3n) is 4.50. The molecule has 5 nitrogen and oxygen atoms in total. The number of carbonyl (C=O) groups is 1. The van der Waals surface area contributed by atoms with Gasteiger partial charge < -0.3 is 19.9 Å². The van der Waals surface area contributed by atoms with Crippen molar-refractivity contribution in [3.8, 4) is 5.75 Å². The summed E-state index contributed by atoms with van der Waals surface area (Å²) in [6.07, 6.45) is 0.982. The van der Waals surface area contributed by atoms with Gasteiger partial charge in [-0.25, -0.2) is 4.79 Å². The van der Waals surface area contributed by atoms with Gasteiger partial charge in [0.25, 0.3) is 0 Å². The van der Waals surface area contributed by atoms with Crippen LogP contribution in [0.25, 0.3) is 0 Å². The Labute approximate surface area is 155 Å². The van der Waals surface area contributed by atoms with Gasteiger partial charge >= 0.3 is 6.03 Å². The summed E-state index contributed by atoms with van der Waals surface area (Å²) in [6.45, 7) is 6.50. The van der Waals surface area contributed by atoms with Gasteiger partial charge in [0.05, 0.1) is 6.61 Å². The largest absolute Gasteiger partial charge is 0.494 e. The number of benzene rings is 2. The number of ether oxygens (including phenoxy) is 1. The second-order valence-corrected chi connectivity index (χ2v) is 6.46. The van der Waals surface area contributed by atoms with Crippen LogP contribution in [0.4, 0.5) is 10.5 Å². The average molecular weight is 353 g/mol. The highest BCUT2D eigenvalue weighted by Crippen LogP contribution is 2.16. The van der Waals surface area contributed by atoms with Gasteiger partial charge in [-0.2, -0.15) is 0 Å². The van der Waals surface area contributed by atoms with E-state index in [-0.39, 0.29) is 6.03 Å². The lowest BCUT2D eigenvalue weighted by Crippen LogP contribution is -2.51. The quantitative estimate of drug-likeness (QED) is 0.864. The van der Waals surface area contributed by atoms with Crippen LogP contribution in [0.2, 0.25) is 0 Å². The number of urea groups is 1. The summed E-state index contributed by atoms with van der Waals surface area (Å²) in [7, 11) is 0. The molecule has 2 amide bonds. The van der Waals surface area contributed by atoms with Crippen molar-refractivity contribution in [2.75, 3.05) is 37.7 Å². The molecule has 1 heterocycles. The van der Waals surface area contributed by atoms with Gasteiger partial charge in [0.15, 0.2) is 0 Å². The zero-order chi connectivity index (χ0) is 18.2. The molecule has 1 aliphatic heterocycles. The summed E-state index contributed by atoms with van der Waals surface area (Å²) in [5, 5.41) is 3.02. The lowest BCUT2D eigenvalue weighted by atomic mass is 10.2. The molecule has 0 aromatic heterocycles. The Morgan fingerprint density at radius 1 is 1.04 bits per heavy atom. The molecule has 0 aliphatic carbocycles. The van der Waals surface area contributed by atoms with Crippen molar-refractivity contribution in [3.05, 3.63) is 60.2 Å². The number of anilines is 1. The number of hydrogen-bond acceptors (Lipinski definition) is 3. The van der Waals surface area contributed by atoms with Crippen LogP contribution in [0.3, 0.4) is 0 Å². The van der Waals surface area contributed by atoms with E-state index in [1.807, 2.05) is 47.4 Å². The fraction of sp³-hybridized carbons (Fsp3) is 0.381.